The van der Waals surface area contributed by atoms with Crippen LogP contribution in [0.4, 0.5) is 0 Å². The Hall–Kier alpha value is -1.68. The highest BCUT2D eigenvalue weighted by atomic mass is 35.5. The van der Waals surface area contributed by atoms with Gasteiger partial charge in [-0.15, -0.1) is 10.2 Å². The summed E-state index contributed by atoms with van der Waals surface area (Å²) in [4.78, 5) is 12.5. The number of hydrogen-bond acceptors (Lipinski definition) is 3. The molecule has 0 saturated heterocycles. The van der Waals surface area contributed by atoms with Gasteiger partial charge in [-0.1, -0.05) is 30.7 Å². The van der Waals surface area contributed by atoms with Crippen LogP contribution in [0.5, 0.6) is 0 Å². The van der Waals surface area contributed by atoms with Crippen molar-refractivity contribution in [3.63, 3.8) is 0 Å². The Morgan fingerprint density at radius 3 is 2.73 bits per heavy atom. The molecule has 0 aliphatic heterocycles. The number of nitrogens with zero attached hydrogens (tertiary/aromatic N) is 3. The molecule has 1 heterocycles. The van der Waals surface area contributed by atoms with E-state index in [1.54, 1.807) is 0 Å². The molecule has 4 nitrogen and oxygen atoms in total. The summed E-state index contributed by atoms with van der Waals surface area (Å²) >= 11 is 6.16. The molecule has 0 amide bonds. The fraction of sp³-hybridized carbons (Fsp3) is 0.571. The van der Waals surface area contributed by atoms with Gasteiger partial charge in [0.15, 0.2) is 0 Å². The van der Waals surface area contributed by atoms with Crippen molar-refractivity contribution in [1.29, 1.82) is 0 Å². The minimum absolute atomic E-state index is 0.236. The lowest BCUT2D eigenvalue weighted by Gasteiger charge is -2.32. The third-order valence-corrected chi connectivity index (χ3v) is 6.25. The van der Waals surface area contributed by atoms with Gasteiger partial charge in [-0.05, 0) is 55.7 Å². The number of carbonyl (C=O) groups excluding carboxylic acids is 1. The summed E-state index contributed by atoms with van der Waals surface area (Å²) in [6.45, 7) is 4.27. The molecule has 0 bridgehead atoms. The molecule has 0 N–H and O–H groups in total. The van der Waals surface area contributed by atoms with Crippen LogP contribution in [0.1, 0.15) is 73.8 Å². The van der Waals surface area contributed by atoms with Crippen molar-refractivity contribution in [2.24, 2.45) is 5.92 Å². The van der Waals surface area contributed by atoms with E-state index in [-0.39, 0.29) is 5.78 Å². The van der Waals surface area contributed by atoms with Crippen molar-refractivity contribution in [2.75, 3.05) is 0 Å². The van der Waals surface area contributed by atoms with Crippen LogP contribution >= 0.6 is 11.6 Å². The summed E-state index contributed by atoms with van der Waals surface area (Å²) < 4.78 is 2.36. The molecule has 2 aromatic rings. The van der Waals surface area contributed by atoms with Crippen LogP contribution in [0.3, 0.4) is 0 Å². The number of rotatable bonds is 7. The minimum atomic E-state index is 0.236. The number of hydrogen-bond donors (Lipinski definition) is 0. The van der Waals surface area contributed by atoms with E-state index in [1.165, 1.54) is 31.5 Å². The van der Waals surface area contributed by atoms with Gasteiger partial charge >= 0.3 is 0 Å². The zero-order valence-corrected chi connectivity index (χ0v) is 16.3. The maximum atomic E-state index is 12.5. The van der Waals surface area contributed by atoms with Crippen molar-refractivity contribution >= 4 is 17.4 Å². The molecule has 1 aromatic heterocycles. The molecule has 0 atom stereocenters. The average Bonchev–Trinajstić information content (AvgIpc) is 3.34. The SMILES string of the molecule is Cc1c(Cl)cccc1CC(=O)CCc1nnc(C2CC(C)C2)n1C1CC1. The number of aromatic nitrogens is 3. The molecule has 0 spiro atoms. The van der Waals surface area contributed by atoms with Gasteiger partial charge in [0.2, 0.25) is 0 Å². The number of halogens is 1. The first-order valence-corrected chi connectivity index (χ1v) is 10.1. The Bertz CT molecular complexity index is 819. The first-order valence-electron chi connectivity index (χ1n) is 9.72. The zero-order valence-electron chi connectivity index (χ0n) is 15.5. The van der Waals surface area contributed by atoms with Gasteiger partial charge in [-0.25, -0.2) is 0 Å². The van der Waals surface area contributed by atoms with Crippen LogP contribution < -0.4 is 0 Å². The van der Waals surface area contributed by atoms with Crippen molar-refractivity contribution in [3.8, 4) is 0 Å². The Labute approximate surface area is 160 Å². The van der Waals surface area contributed by atoms with Crippen LogP contribution in [0, 0.1) is 12.8 Å². The normalized spacial score (nSPS) is 22.3. The second-order valence-electron chi connectivity index (χ2n) is 8.09. The molecule has 2 aliphatic rings. The van der Waals surface area contributed by atoms with Gasteiger partial charge in [0.05, 0.1) is 0 Å². The number of carbonyl (C=O) groups is 1. The van der Waals surface area contributed by atoms with Crippen LogP contribution in [0.15, 0.2) is 18.2 Å². The van der Waals surface area contributed by atoms with Crippen LogP contribution in [-0.2, 0) is 17.6 Å². The van der Waals surface area contributed by atoms with Crippen molar-refractivity contribution in [3.05, 3.63) is 46.0 Å². The second kappa shape index (κ2) is 7.15. The Morgan fingerprint density at radius 2 is 2.04 bits per heavy atom. The maximum absolute atomic E-state index is 12.5. The third-order valence-electron chi connectivity index (χ3n) is 5.84. The highest BCUT2D eigenvalue weighted by Crippen LogP contribution is 2.45. The van der Waals surface area contributed by atoms with Crippen molar-refractivity contribution < 1.29 is 4.79 Å². The predicted octanol–water partition coefficient (Wildman–Crippen LogP) is 4.83. The van der Waals surface area contributed by atoms with Gasteiger partial charge in [0.25, 0.3) is 0 Å². The largest absolute Gasteiger partial charge is 0.312 e. The zero-order chi connectivity index (χ0) is 18.3. The standard InChI is InChI=1S/C21H26ClN3O/c1-13-10-16(11-13)21-24-23-20(25(21)17-6-7-17)9-8-18(26)12-15-4-3-5-19(22)14(15)2/h3-5,13,16-17H,6-12H2,1-2H3. The highest BCUT2D eigenvalue weighted by Gasteiger charge is 2.36. The summed E-state index contributed by atoms with van der Waals surface area (Å²) in [5.74, 6) is 3.77. The van der Waals surface area contributed by atoms with Crippen LogP contribution in [0.2, 0.25) is 5.02 Å². The monoisotopic (exact) mass is 371 g/mol. The molecule has 2 saturated carbocycles. The lowest BCUT2D eigenvalue weighted by atomic mass is 9.75. The van der Waals surface area contributed by atoms with E-state index in [4.69, 9.17) is 11.6 Å². The molecule has 2 aliphatic carbocycles. The first kappa shape index (κ1) is 17.7. The van der Waals surface area contributed by atoms with Gasteiger partial charge in [0, 0.05) is 36.2 Å². The summed E-state index contributed by atoms with van der Waals surface area (Å²) in [5, 5.41) is 9.69. The van der Waals surface area contributed by atoms with E-state index in [2.05, 4.69) is 21.7 Å². The second-order valence-corrected chi connectivity index (χ2v) is 8.50. The highest BCUT2D eigenvalue weighted by molar-refractivity contribution is 6.31. The molecule has 1 aromatic carbocycles. The maximum Gasteiger partial charge on any atom is 0.137 e. The van der Waals surface area contributed by atoms with Crippen LogP contribution in [0.25, 0.3) is 0 Å². The number of ketones is 1. The Kier molecular flexibility index (Phi) is 4.87. The molecule has 4 rings (SSSR count). The summed E-state index contributed by atoms with van der Waals surface area (Å²) in [5.41, 5.74) is 2.03. The third kappa shape index (κ3) is 3.57. The number of benzene rings is 1. The molecule has 26 heavy (non-hydrogen) atoms. The molecular formula is C21H26ClN3O. The smallest absolute Gasteiger partial charge is 0.137 e. The van der Waals surface area contributed by atoms with Gasteiger partial charge in [-0.3, -0.25) is 4.79 Å². The molecular weight excluding hydrogens is 346 g/mol. The predicted molar refractivity (Wildman–Crippen MR) is 103 cm³/mol. The number of Topliss-reactive ketones (excluding diaryl/α,β-unsaturated/α-hetero) is 1. The molecule has 2 fully saturated rings. The molecule has 0 unspecified atom stereocenters. The van der Waals surface area contributed by atoms with E-state index in [9.17, 15) is 4.79 Å². The molecule has 0 radical (unpaired) electrons. The molecule has 138 valence electrons. The van der Waals surface area contributed by atoms with Crippen molar-refractivity contribution in [1.82, 2.24) is 14.8 Å². The Balaban J connectivity index is 1.41. The molecule has 5 heteroatoms. The quantitative estimate of drug-likeness (QED) is 0.700. The van der Waals surface area contributed by atoms with E-state index in [0.29, 0.717) is 31.2 Å². The van der Waals surface area contributed by atoms with Gasteiger partial charge in [-0.2, -0.15) is 0 Å². The fourth-order valence-corrected chi connectivity index (χ4v) is 4.22. The summed E-state index contributed by atoms with van der Waals surface area (Å²) in [7, 11) is 0. The van der Waals surface area contributed by atoms with E-state index >= 15 is 0 Å². The van der Waals surface area contributed by atoms with E-state index < -0.39 is 0 Å². The Morgan fingerprint density at radius 1 is 1.27 bits per heavy atom. The van der Waals surface area contributed by atoms with Gasteiger partial charge < -0.3 is 4.57 Å². The lowest BCUT2D eigenvalue weighted by Crippen LogP contribution is -2.23. The number of aryl methyl sites for hydroxylation is 1. The first-order chi connectivity index (χ1) is 12.5. The van der Waals surface area contributed by atoms with E-state index in [1.807, 2.05) is 25.1 Å². The minimum Gasteiger partial charge on any atom is -0.312 e. The van der Waals surface area contributed by atoms with Gasteiger partial charge in [0.1, 0.15) is 17.4 Å². The fourth-order valence-electron chi connectivity index (χ4n) is 4.03. The lowest BCUT2D eigenvalue weighted by molar-refractivity contribution is -0.118. The topological polar surface area (TPSA) is 47.8 Å². The average molecular weight is 372 g/mol. The summed E-state index contributed by atoms with van der Waals surface area (Å²) in [6.07, 6.45) is 6.51. The van der Waals surface area contributed by atoms with Crippen molar-refractivity contribution in [2.45, 2.75) is 70.8 Å². The van der Waals surface area contributed by atoms with Crippen LogP contribution in [-0.4, -0.2) is 20.5 Å². The van der Waals surface area contributed by atoms with E-state index in [0.717, 1.165) is 27.9 Å². The summed E-state index contributed by atoms with van der Waals surface area (Å²) in [6, 6.07) is 6.33.